The van der Waals surface area contributed by atoms with E-state index in [2.05, 4.69) is 28.6 Å². The molecule has 0 rings (SSSR count). The number of aliphatic carboxylic acids is 2. The van der Waals surface area contributed by atoms with E-state index in [1.807, 2.05) is 0 Å². The van der Waals surface area contributed by atoms with Crippen LogP contribution in [0.3, 0.4) is 0 Å². The summed E-state index contributed by atoms with van der Waals surface area (Å²) in [5.41, 5.74) is 15.7. The minimum Gasteiger partial charge on any atom is -0.481 e. The fourth-order valence-electron chi connectivity index (χ4n) is 2.53. The van der Waals surface area contributed by atoms with Crippen molar-refractivity contribution in [1.29, 1.82) is 0 Å². The van der Waals surface area contributed by atoms with Crippen LogP contribution in [0.5, 0.6) is 0 Å². The van der Waals surface area contributed by atoms with Gasteiger partial charge in [-0.3, -0.25) is 28.8 Å². The Hall–Kier alpha value is -3.40. The van der Waals surface area contributed by atoms with Crippen LogP contribution >= 0.6 is 12.6 Å². The van der Waals surface area contributed by atoms with Gasteiger partial charge in [-0.15, -0.1) is 0 Å². The van der Waals surface area contributed by atoms with Crippen molar-refractivity contribution < 1.29 is 43.8 Å². The first kappa shape index (κ1) is 30.6. The topological polar surface area (TPSA) is 274 Å². The smallest absolute Gasteiger partial charge is 0.326 e. The molecule has 0 heterocycles. The molecular weight excluding hydrogens is 476 g/mol. The van der Waals surface area contributed by atoms with Crippen LogP contribution in [0.15, 0.2) is 0 Å². The molecule has 11 N–H and O–H groups in total. The first-order valence-corrected chi connectivity index (χ1v) is 10.7. The monoisotopic (exact) mass is 506 g/mol. The maximum Gasteiger partial charge on any atom is 0.326 e. The molecule has 4 atom stereocenters. The molecule has 192 valence electrons. The third-order valence-electron chi connectivity index (χ3n) is 4.43. The highest BCUT2D eigenvalue weighted by Gasteiger charge is 2.30. The summed E-state index contributed by atoms with van der Waals surface area (Å²) in [6.07, 6.45) is -1.76. The molecular formula is C18H30N6O9S. The predicted octanol–water partition coefficient (Wildman–Crippen LogP) is -3.82. The van der Waals surface area contributed by atoms with Crippen LogP contribution in [-0.2, 0) is 33.6 Å². The standard InChI is InChI=1S/C18H30N6O9S/c19-8(1-6-14(27)28)15(29)22-9(2-4-12(20)25)16(30)24-11(7-34)17(31)23-10(18(32)33)3-5-13(21)26/h8-11,34H,1-7,19H2,(H2,20,25)(H2,21,26)(H,22,29)(H,23,31)(H,24,30)(H,27,28)(H,32,33). The number of primary amides is 2. The van der Waals surface area contributed by atoms with Crippen LogP contribution in [0.1, 0.15) is 38.5 Å². The Labute approximate surface area is 199 Å². The molecule has 0 aromatic heterocycles. The van der Waals surface area contributed by atoms with E-state index < -0.39 is 72.1 Å². The Balaban J connectivity index is 5.29. The summed E-state index contributed by atoms with van der Waals surface area (Å²) >= 11 is 3.96. The van der Waals surface area contributed by atoms with Crippen molar-refractivity contribution in [2.75, 3.05) is 5.75 Å². The quantitative estimate of drug-likeness (QED) is 0.0867. The molecule has 0 aromatic carbocycles. The Bertz CT molecular complexity index is 794. The molecule has 0 aromatic rings. The molecule has 15 nitrogen and oxygen atoms in total. The molecule has 34 heavy (non-hydrogen) atoms. The number of carboxylic acids is 2. The lowest BCUT2D eigenvalue weighted by Gasteiger charge is -2.24. The fourth-order valence-corrected chi connectivity index (χ4v) is 2.78. The van der Waals surface area contributed by atoms with Gasteiger partial charge in [-0.2, -0.15) is 12.6 Å². The molecule has 0 fully saturated rings. The molecule has 0 saturated carbocycles. The Morgan fingerprint density at radius 2 is 1.12 bits per heavy atom. The van der Waals surface area contributed by atoms with Crippen LogP contribution in [0.2, 0.25) is 0 Å². The second-order valence-corrected chi connectivity index (χ2v) is 7.62. The predicted molar refractivity (Wildman–Crippen MR) is 119 cm³/mol. The van der Waals surface area contributed by atoms with E-state index in [0.29, 0.717) is 0 Å². The van der Waals surface area contributed by atoms with Gasteiger partial charge in [0.25, 0.3) is 0 Å². The molecule has 4 unspecified atom stereocenters. The van der Waals surface area contributed by atoms with Gasteiger partial charge >= 0.3 is 11.9 Å². The van der Waals surface area contributed by atoms with Gasteiger partial charge in [0.15, 0.2) is 0 Å². The Morgan fingerprint density at radius 1 is 0.676 bits per heavy atom. The lowest BCUT2D eigenvalue weighted by atomic mass is 10.1. The molecule has 0 saturated heterocycles. The summed E-state index contributed by atoms with van der Waals surface area (Å²) in [5, 5.41) is 24.6. The van der Waals surface area contributed by atoms with Crippen LogP contribution in [-0.4, -0.2) is 81.6 Å². The number of nitrogens with two attached hydrogens (primary N) is 3. The molecule has 0 bridgehead atoms. The molecule has 0 aliphatic rings. The summed E-state index contributed by atoms with van der Waals surface area (Å²) in [7, 11) is 0. The summed E-state index contributed by atoms with van der Waals surface area (Å²) in [6.45, 7) is 0. The van der Waals surface area contributed by atoms with E-state index in [-0.39, 0.29) is 37.9 Å². The summed E-state index contributed by atoms with van der Waals surface area (Å²) in [6, 6.07) is -5.43. The van der Waals surface area contributed by atoms with Crippen LogP contribution in [0.25, 0.3) is 0 Å². The van der Waals surface area contributed by atoms with Gasteiger partial charge in [-0.05, 0) is 19.3 Å². The number of nitrogens with one attached hydrogen (secondary N) is 3. The van der Waals surface area contributed by atoms with E-state index >= 15 is 0 Å². The number of rotatable bonds is 17. The largest absolute Gasteiger partial charge is 0.481 e. The zero-order chi connectivity index (χ0) is 26.4. The zero-order valence-corrected chi connectivity index (χ0v) is 19.1. The third-order valence-corrected chi connectivity index (χ3v) is 4.79. The highest BCUT2D eigenvalue weighted by Crippen LogP contribution is 2.04. The van der Waals surface area contributed by atoms with Crippen molar-refractivity contribution in [1.82, 2.24) is 16.0 Å². The SMILES string of the molecule is NC(=O)CCC(NC(=O)C(CS)NC(=O)C(CCC(N)=O)NC(=O)C(N)CCC(=O)O)C(=O)O. The second-order valence-electron chi connectivity index (χ2n) is 7.25. The maximum absolute atomic E-state index is 12.7. The molecule has 0 radical (unpaired) electrons. The molecule has 0 aliphatic heterocycles. The second kappa shape index (κ2) is 15.4. The Kier molecular flexibility index (Phi) is 13.9. The Morgan fingerprint density at radius 3 is 1.56 bits per heavy atom. The van der Waals surface area contributed by atoms with Gasteiger partial charge in [-0.1, -0.05) is 0 Å². The van der Waals surface area contributed by atoms with Gasteiger partial charge in [0.1, 0.15) is 18.1 Å². The summed E-state index contributed by atoms with van der Waals surface area (Å²) < 4.78 is 0. The van der Waals surface area contributed by atoms with Crippen LogP contribution in [0, 0.1) is 0 Å². The van der Waals surface area contributed by atoms with E-state index in [4.69, 9.17) is 22.3 Å². The number of hydrogen-bond acceptors (Lipinski definition) is 9. The molecule has 5 amide bonds. The van der Waals surface area contributed by atoms with Gasteiger partial charge < -0.3 is 43.4 Å². The van der Waals surface area contributed by atoms with Crippen molar-refractivity contribution in [2.24, 2.45) is 17.2 Å². The van der Waals surface area contributed by atoms with E-state index in [0.717, 1.165) is 0 Å². The molecule has 0 aliphatic carbocycles. The van der Waals surface area contributed by atoms with Crippen molar-refractivity contribution in [3.63, 3.8) is 0 Å². The average molecular weight is 507 g/mol. The highest BCUT2D eigenvalue weighted by molar-refractivity contribution is 7.80. The summed E-state index contributed by atoms with van der Waals surface area (Å²) in [4.78, 5) is 81.3. The lowest BCUT2D eigenvalue weighted by molar-refractivity contribution is -0.142. The van der Waals surface area contributed by atoms with Gasteiger partial charge in [0.05, 0.1) is 6.04 Å². The lowest BCUT2D eigenvalue weighted by Crippen LogP contribution is -2.57. The van der Waals surface area contributed by atoms with Crippen molar-refractivity contribution in [2.45, 2.75) is 62.7 Å². The number of thiol groups is 1. The minimum atomic E-state index is -1.46. The summed E-state index contributed by atoms with van der Waals surface area (Å²) in [5.74, 6) is -7.13. The number of hydrogen-bond donors (Lipinski definition) is 9. The van der Waals surface area contributed by atoms with Crippen LogP contribution in [0.4, 0.5) is 0 Å². The number of carbonyl (C=O) groups is 7. The van der Waals surface area contributed by atoms with E-state index in [1.165, 1.54) is 0 Å². The average Bonchev–Trinajstić information content (AvgIpc) is 2.74. The molecule has 16 heteroatoms. The number of carboxylic acid groups (broad SMARTS) is 2. The minimum absolute atomic E-state index is 0.213. The molecule has 0 spiro atoms. The van der Waals surface area contributed by atoms with Crippen molar-refractivity contribution >= 4 is 54.1 Å². The van der Waals surface area contributed by atoms with Gasteiger partial charge in [0.2, 0.25) is 29.5 Å². The maximum atomic E-state index is 12.7. The van der Waals surface area contributed by atoms with Crippen LogP contribution < -0.4 is 33.2 Å². The van der Waals surface area contributed by atoms with Crippen molar-refractivity contribution in [3.05, 3.63) is 0 Å². The van der Waals surface area contributed by atoms with E-state index in [9.17, 15) is 38.7 Å². The zero-order valence-electron chi connectivity index (χ0n) is 18.2. The third kappa shape index (κ3) is 12.6. The van der Waals surface area contributed by atoms with E-state index in [1.54, 1.807) is 0 Å². The number of carbonyl (C=O) groups excluding carboxylic acids is 5. The first-order chi connectivity index (χ1) is 15.8. The number of amides is 5. The first-order valence-electron chi connectivity index (χ1n) is 10.1. The van der Waals surface area contributed by atoms with Gasteiger partial charge in [0, 0.05) is 25.0 Å². The van der Waals surface area contributed by atoms with Gasteiger partial charge in [-0.25, -0.2) is 4.79 Å². The highest BCUT2D eigenvalue weighted by atomic mass is 32.1. The normalized spacial score (nSPS) is 14.1. The van der Waals surface area contributed by atoms with Crippen molar-refractivity contribution in [3.8, 4) is 0 Å². The fraction of sp³-hybridized carbons (Fsp3) is 0.611.